The van der Waals surface area contributed by atoms with Crippen molar-refractivity contribution in [3.05, 3.63) is 0 Å². The van der Waals surface area contributed by atoms with Crippen LogP contribution in [-0.2, 0) is 28.6 Å². The molecular formula is C4H11O4PZn. The number of phosphoric ester groups is 1. The van der Waals surface area contributed by atoms with Crippen molar-refractivity contribution in [2.75, 3.05) is 6.61 Å². The van der Waals surface area contributed by atoms with Crippen molar-refractivity contribution < 1.29 is 38.4 Å². The third-order valence-corrected chi connectivity index (χ3v) is 1.28. The molecule has 0 rings (SSSR count). The summed E-state index contributed by atoms with van der Waals surface area (Å²) in [5.74, 6) is 0. The molecule has 58 valence electrons. The third kappa shape index (κ3) is 11.5. The van der Waals surface area contributed by atoms with Crippen LogP contribution < -0.4 is 0 Å². The Kier molecular flexibility index (Phi) is 8.59. The van der Waals surface area contributed by atoms with Gasteiger partial charge in [0.05, 0.1) is 6.61 Å². The Morgan fingerprint density at radius 1 is 1.50 bits per heavy atom. The van der Waals surface area contributed by atoms with E-state index in [0.717, 1.165) is 6.42 Å². The summed E-state index contributed by atoms with van der Waals surface area (Å²) in [4.78, 5) is 16.3. The van der Waals surface area contributed by atoms with Crippen molar-refractivity contribution in [1.29, 1.82) is 0 Å². The fourth-order valence-corrected chi connectivity index (χ4v) is 0.695. The maximum Gasteiger partial charge on any atom is 0.469 e. The van der Waals surface area contributed by atoms with Gasteiger partial charge in [0.25, 0.3) is 0 Å². The first kappa shape index (κ1) is 13.3. The zero-order chi connectivity index (χ0) is 7.33. The predicted molar refractivity (Wildman–Crippen MR) is 32.9 cm³/mol. The van der Waals surface area contributed by atoms with Gasteiger partial charge in [-0.3, -0.25) is 4.52 Å². The number of hydrogen-bond donors (Lipinski definition) is 2. The standard InChI is InChI=1S/C4H11O4P.Zn/c1-2-3-4-8-9(5,6)7;/h2-4H2,1H3,(H2,5,6,7);. The number of hydrogen-bond acceptors (Lipinski definition) is 2. The molecule has 10 heavy (non-hydrogen) atoms. The first-order valence-corrected chi connectivity index (χ1v) is 4.29. The molecule has 0 bridgehead atoms. The molecular weight excluding hydrogens is 208 g/mol. The summed E-state index contributed by atoms with van der Waals surface area (Å²) in [6.45, 7) is 2.06. The molecule has 0 aliphatic carbocycles. The molecule has 0 saturated carbocycles. The molecule has 0 spiro atoms. The molecule has 0 atom stereocenters. The molecule has 6 heteroatoms. The second-order valence-electron chi connectivity index (χ2n) is 1.68. The summed E-state index contributed by atoms with van der Waals surface area (Å²) in [6, 6.07) is 0. The molecule has 0 aromatic carbocycles. The molecule has 0 saturated heterocycles. The van der Waals surface area contributed by atoms with E-state index in [2.05, 4.69) is 4.52 Å². The van der Waals surface area contributed by atoms with Gasteiger partial charge in [0.1, 0.15) is 0 Å². The molecule has 0 aromatic heterocycles. The van der Waals surface area contributed by atoms with Gasteiger partial charge in [-0.1, -0.05) is 13.3 Å². The Hall–Kier alpha value is 0.733. The molecule has 0 fully saturated rings. The van der Waals surface area contributed by atoms with E-state index in [9.17, 15) is 4.57 Å². The Balaban J connectivity index is 0. The quantitative estimate of drug-likeness (QED) is 0.419. The van der Waals surface area contributed by atoms with E-state index < -0.39 is 7.82 Å². The minimum atomic E-state index is -4.20. The van der Waals surface area contributed by atoms with E-state index in [1.54, 1.807) is 0 Å². The van der Waals surface area contributed by atoms with E-state index in [0.29, 0.717) is 6.42 Å². The van der Waals surface area contributed by atoms with Crippen LogP contribution in [0.3, 0.4) is 0 Å². The Morgan fingerprint density at radius 3 is 2.30 bits per heavy atom. The van der Waals surface area contributed by atoms with Crippen molar-refractivity contribution >= 4 is 7.82 Å². The second kappa shape index (κ2) is 6.44. The van der Waals surface area contributed by atoms with Crippen molar-refractivity contribution in [3.63, 3.8) is 0 Å². The van der Waals surface area contributed by atoms with Crippen LogP contribution in [0.15, 0.2) is 0 Å². The fraction of sp³-hybridized carbons (Fsp3) is 1.00. The summed E-state index contributed by atoms with van der Waals surface area (Å²) in [5, 5.41) is 0. The summed E-state index contributed by atoms with van der Waals surface area (Å²) in [7, 11) is -4.20. The van der Waals surface area contributed by atoms with E-state index in [-0.39, 0.29) is 26.1 Å². The van der Waals surface area contributed by atoms with Gasteiger partial charge in [0.2, 0.25) is 0 Å². The maximum absolute atomic E-state index is 9.98. The third-order valence-electron chi connectivity index (χ3n) is 0.757. The molecule has 0 aromatic rings. The van der Waals surface area contributed by atoms with Crippen LogP contribution in [0.4, 0.5) is 0 Å². The van der Waals surface area contributed by atoms with Gasteiger partial charge in [-0.25, -0.2) is 4.57 Å². The number of rotatable bonds is 4. The van der Waals surface area contributed by atoms with Gasteiger partial charge in [-0.15, -0.1) is 0 Å². The smallest absolute Gasteiger partial charge is 0.303 e. The summed E-state index contributed by atoms with van der Waals surface area (Å²) >= 11 is 0. The molecule has 2 N–H and O–H groups in total. The first-order chi connectivity index (χ1) is 4.06. The van der Waals surface area contributed by atoms with Gasteiger partial charge >= 0.3 is 7.82 Å². The minimum absolute atomic E-state index is 0. The van der Waals surface area contributed by atoms with Crippen LogP contribution in [0.5, 0.6) is 0 Å². The average molecular weight is 219 g/mol. The van der Waals surface area contributed by atoms with Gasteiger partial charge < -0.3 is 9.79 Å². The van der Waals surface area contributed by atoms with E-state index in [4.69, 9.17) is 9.79 Å². The van der Waals surface area contributed by atoms with Crippen LogP contribution in [0.1, 0.15) is 19.8 Å². The van der Waals surface area contributed by atoms with Crippen LogP contribution in [-0.4, -0.2) is 16.4 Å². The second-order valence-corrected chi connectivity index (χ2v) is 2.92. The molecule has 0 aliphatic rings. The minimum Gasteiger partial charge on any atom is -0.303 e. The maximum atomic E-state index is 9.98. The van der Waals surface area contributed by atoms with Crippen LogP contribution in [0.2, 0.25) is 0 Å². The summed E-state index contributed by atoms with van der Waals surface area (Å²) in [5.41, 5.74) is 0. The van der Waals surface area contributed by atoms with Crippen molar-refractivity contribution in [1.82, 2.24) is 0 Å². The van der Waals surface area contributed by atoms with Crippen LogP contribution >= 0.6 is 7.82 Å². The molecule has 0 amide bonds. The Bertz CT molecular complexity index is 112. The van der Waals surface area contributed by atoms with Crippen LogP contribution in [0, 0.1) is 0 Å². The monoisotopic (exact) mass is 218 g/mol. The SMILES string of the molecule is CCCCOP(=O)(O)O.[Zn]. The molecule has 0 aliphatic heterocycles. The van der Waals surface area contributed by atoms with E-state index in [1.807, 2.05) is 6.92 Å². The summed E-state index contributed by atoms with van der Waals surface area (Å²) < 4.78 is 14.1. The average Bonchev–Trinajstić information content (AvgIpc) is 1.63. The predicted octanol–water partition coefficient (Wildman–Crippen LogP) is 0.893. The van der Waals surface area contributed by atoms with Crippen molar-refractivity contribution in [2.24, 2.45) is 0 Å². The van der Waals surface area contributed by atoms with Gasteiger partial charge in [0.15, 0.2) is 0 Å². The van der Waals surface area contributed by atoms with Crippen molar-refractivity contribution in [2.45, 2.75) is 19.8 Å². The van der Waals surface area contributed by atoms with Gasteiger partial charge in [0, 0.05) is 19.5 Å². The van der Waals surface area contributed by atoms with Gasteiger partial charge in [-0.05, 0) is 6.42 Å². The summed E-state index contributed by atoms with van der Waals surface area (Å²) in [6.07, 6.45) is 1.56. The molecule has 0 radical (unpaired) electrons. The van der Waals surface area contributed by atoms with E-state index >= 15 is 0 Å². The topological polar surface area (TPSA) is 66.8 Å². The first-order valence-electron chi connectivity index (χ1n) is 2.76. The molecule has 0 unspecified atom stereocenters. The Morgan fingerprint density at radius 2 is 2.00 bits per heavy atom. The number of unbranched alkanes of at least 4 members (excludes halogenated alkanes) is 1. The zero-order valence-electron chi connectivity index (χ0n) is 5.99. The van der Waals surface area contributed by atoms with Crippen LogP contribution in [0.25, 0.3) is 0 Å². The largest absolute Gasteiger partial charge is 0.469 e. The molecule has 0 heterocycles. The number of phosphoric acid groups is 1. The Labute approximate surface area is 73.0 Å². The zero-order valence-corrected chi connectivity index (χ0v) is 9.85. The normalized spacial score (nSPS) is 10.7. The fourth-order valence-electron chi connectivity index (χ4n) is 0.328. The van der Waals surface area contributed by atoms with Gasteiger partial charge in [-0.2, -0.15) is 0 Å². The molecule has 4 nitrogen and oxygen atoms in total. The van der Waals surface area contributed by atoms with E-state index in [1.165, 1.54) is 0 Å². The van der Waals surface area contributed by atoms with Crippen molar-refractivity contribution in [3.8, 4) is 0 Å².